The predicted octanol–water partition coefficient (Wildman–Crippen LogP) is 1.83. The molecule has 1 amide bonds. The van der Waals surface area contributed by atoms with E-state index in [1.54, 1.807) is 6.20 Å². The van der Waals surface area contributed by atoms with E-state index in [1.807, 2.05) is 17.8 Å². The summed E-state index contributed by atoms with van der Waals surface area (Å²) in [7, 11) is 1.91. The number of carbonyl (C=O) groups excluding carboxylic acids is 1. The molecule has 0 bridgehead atoms. The van der Waals surface area contributed by atoms with Gasteiger partial charge in [0.05, 0.1) is 18.3 Å². The molecule has 1 aromatic heterocycles. The van der Waals surface area contributed by atoms with Crippen molar-refractivity contribution in [1.29, 1.82) is 0 Å². The van der Waals surface area contributed by atoms with E-state index in [2.05, 4.69) is 15.3 Å². The van der Waals surface area contributed by atoms with Gasteiger partial charge in [-0.3, -0.25) is 14.4 Å². The molecule has 2 heterocycles. The number of rotatable bonds is 4. The van der Waals surface area contributed by atoms with E-state index in [9.17, 15) is 4.79 Å². The van der Waals surface area contributed by atoms with Crippen LogP contribution in [0.3, 0.4) is 0 Å². The second-order valence-electron chi connectivity index (χ2n) is 6.35. The minimum Gasteiger partial charge on any atom is -0.349 e. The molecule has 5 heteroatoms. The Morgan fingerprint density at radius 1 is 1.29 bits per heavy atom. The summed E-state index contributed by atoms with van der Waals surface area (Å²) in [6.45, 7) is 1.67. The second kappa shape index (κ2) is 6.60. The van der Waals surface area contributed by atoms with Crippen molar-refractivity contribution in [2.75, 3.05) is 6.54 Å². The Bertz CT molecular complexity index is 478. The van der Waals surface area contributed by atoms with Gasteiger partial charge < -0.3 is 5.32 Å². The maximum atomic E-state index is 12.6. The van der Waals surface area contributed by atoms with Crippen molar-refractivity contribution in [1.82, 2.24) is 20.0 Å². The lowest BCUT2D eigenvalue weighted by Crippen LogP contribution is -2.52. The van der Waals surface area contributed by atoms with Crippen LogP contribution in [0.2, 0.25) is 0 Å². The Balaban J connectivity index is 1.59. The molecule has 1 saturated carbocycles. The number of piperidine rings is 1. The highest BCUT2D eigenvalue weighted by molar-refractivity contribution is 5.81. The standard InChI is InChI=1S/C16H26N4O/c1-19-14(9-10-18-19)12-17-16(21)15-8-4-5-11-20(15)13-6-2-3-7-13/h9-10,13,15H,2-8,11-12H2,1H3,(H,17,21)/t15-/m1/s1. The number of likely N-dealkylation sites (tertiary alicyclic amines) is 1. The number of amides is 1. The average molecular weight is 290 g/mol. The highest BCUT2D eigenvalue weighted by atomic mass is 16.2. The van der Waals surface area contributed by atoms with Crippen LogP contribution < -0.4 is 5.32 Å². The van der Waals surface area contributed by atoms with Gasteiger partial charge in [-0.25, -0.2) is 0 Å². The first-order valence-corrected chi connectivity index (χ1v) is 8.26. The summed E-state index contributed by atoms with van der Waals surface area (Å²) in [5, 5.41) is 7.25. The van der Waals surface area contributed by atoms with Crippen LogP contribution >= 0.6 is 0 Å². The van der Waals surface area contributed by atoms with Gasteiger partial charge in [0.15, 0.2) is 0 Å². The molecule has 5 nitrogen and oxygen atoms in total. The molecule has 3 rings (SSSR count). The summed E-state index contributed by atoms with van der Waals surface area (Å²) in [5.41, 5.74) is 1.05. The molecule has 1 aliphatic carbocycles. The van der Waals surface area contributed by atoms with Crippen LogP contribution in [0.15, 0.2) is 12.3 Å². The monoisotopic (exact) mass is 290 g/mol. The lowest BCUT2D eigenvalue weighted by molar-refractivity contribution is -0.129. The number of aromatic nitrogens is 2. The third-order valence-electron chi connectivity index (χ3n) is 5.01. The maximum Gasteiger partial charge on any atom is 0.237 e. The zero-order valence-corrected chi connectivity index (χ0v) is 12.9. The summed E-state index contributed by atoms with van der Waals surface area (Å²) < 4.78 is 1.82. The molecule has 0 radical (unpaired) electrons. The summed E-state index contributed by atoms with van der Waals surface area (Å²) in [4.78, 5) is 15.1. The van der Waals surface area contributed by atoms with Crippen molar-refractivity contribution in [2.45, 2.75) is 63.6 Å². The molecule has 21 heavy (non-hydrogen) atoms. The summed E-state index contributed by atoms with van der Waals surface area (Å²) in [6.07, 6.45) is 10.4. The van der Waals surface area contributed by atoms with Crippen molar-refractivity contribution < 1.29 is 4.79 Å². The minimum atomic E-state index is 0.0788. The van der Waals surface area contributed by atoms with E-state index in [0.717, 1.165) is 18.7 Å². The number of carbonyl (C=O) groups is 1. The molecule has 2 aliphatic rings. The molecule has 2 fully saturated rings. The van der Waals surface area contributed by atoms with Gasteiger partial charge >= 0.3 is 0 Å². The smallest absolute Gasteiger partial charge is 0.237 e. The van der Waals surface area contributed by atoms with Crippen molar-refractivity contribution in [3.05, 3.63) is 18.0 Å². The Morgan fingerprint density at radius 3 is 2.76 bits per heavy atom. The molecule has 1 atom stereocenters. The largest absolute Gasteiger partial charge is 0.349 e. The topological polar surface area (TPSA) is 50.2 Å². The Morgan fingerprint density at radius 2 is 2.05 bits per heavy atom. The molecule has 1 N–H and O–H groups in total. The normalized spacial score (nSPS) is 24.3. The molecule has 0 unspecified atom stereocenters. The second-order valence-corrected chi connectivity index (χ2v) is 6.35. The predicted molar refractivity (Wildman–Crippen MR) is 81.7 cm³/mol. The van der Waals surface area contributed by atoms with E-state index < -0.39 is 0 Å². The number of hydrogen-bond donors (Lipinski definition) is 1. The van der Waals surface area contributed by atoms with Crippen LogP contribution in [0.5, 0.6) is 0 Å². The number of nitrogens with one attached hydrogen (secondary N) is 1. The molecule has 0 spiro atoms. The van der Waals surface area contributed by atoms with Crippen molar-refractivity contribution >= 4 is 5.91 Å². The van der Waals surface area contributed by atoms with Crippen LogP contribution in [-0.4, -0.2) is 39.2 Å². The lowest BCUT2D eigenvalue weighted by atomic mass is 9.98. The SMILES string of the molecule is Cn1nccc1CNC(=O)[C@H]1CCCCN1C1CCCC1. The van der Waals surface area contributed by atoms with Crippen molar-refractivity contribution in [3.8, 4) is 0 Å². The fraction of sp³-hybridized carbons (Fsp3) is 0.750. The number of aryl methyl sites for hydroxylation is 1. The molecule has 1 aliphatic heterocycles. The van der Waals surface area contributed by atoms with Gasteiger partial charge in [-0.15, -0.1) is 0 Å². The molecule has 0 aromatic carbocycles. The first-order valence-electron chi connectivity index (χ1n) is 8.26. The fourth-order valence-corrected chi connectivity index (χ4v) is 3.78. The maximum absolute atomic E-state index is 12.6. The van der Waals surface area contributed by atoms with E-state index in [4.69, 9.17) is 0 Å². The summed E-state index contributed by atoms with van der Waals surface area (Å²) in [6, 6.07) is 2.67. The van der Waals surface area contributed by atoms with E-state index in [-0.39, 0.29) is 11.9 Å². The minimum absolute atomic E-state index is 0.0788. The Hall–Kier alpha value is -1.36. The zero-order valence-electron chi connectivity index (χ0n) is 12.9. The molecular weight excluding hydrogens is 264 g/mol. The van der Waals surface area contributed by atoms with E-state index >= 15 is 0 Å². The third kappa shape index (κ3) is 3.28. The first kappa shape index (κ1) is 14.6. The third-order valence-corrected chi connectivity index (χ3v) is 5.01. The number of hydrogen-bond acceptors (Lipinski definition) is 3. The van der Waals surface area contributed by atoms with Gasteiger partial charge in [0.25, 0.3) is 0 Å². The molecular formula is C16H26N4O. The lowest BCUT2D eigenvalue weighted by Gasteiger charge is -2.38. The van der Waals surface area contributed by atoms with Gasteiger partial charge in [0, 0.05) is 19.3 Å². The van der Waals surface area contributed by atoms with Gasteiger partial charge in [-0.05, 0) is 38.3 Å². The van der Waals surface area contributed by atoms with Crippen LogP contribution in [-0.2, 0) is 18.4 Å². The number of nitrogens with zero attached hydrogens (tertiary/aromatic N) is 3. The van der Waals surface area contributed by atoms with Crippen LogP contribution in [0, 0.1) is 0 Å². The molecule has 116 valence electrons. The van der Waals surface area contributed by atoms with E-state index in [0.29, 0.717) is 12.6 Å². The summed E-state index contributed by atoms with van der Waals surface area (Å²) in [5.74, 6) is 0.197. The van der Waals surface area contributed by atoms with Crippen LogP contribution in [0.1, 0.15) is 50.6 Å². The molecule has 1 aromatic rings. The Labute approximate surface area is 126 Å². The van der Waals surface area contributed by atoms with E-state index in [1.165, 1.54) is 38.5 Å². The average Bonchev–Trinajstić information content (AvgIpc) is 3.16. The summed E-state index contributed by atoms with van der Waals surface area (Å²) >= 11 is 0. The van der Waals surface area contributed by atoms with Crippen molar-refractivity contribution in [3.63, 3.8) is 0 Å². The first-order chi connectivity index (χ1) is 10.3. The van der Waals surface area contributed by atoms with Gasteiger partial charge in [0.1, 0.15) is 0 Å². The van der Waals surface area contributed by atoms with Gasteiger partial charge in [-0.2, -0.15) is 5.10 Å². The zero-order chi connectivity index (χ0) is 14.7. The van der Waals surface area contributed by atoms with Crippen LogP contribution in [0.4, 0.5) is 0 Å². The van der Waals surface area contributed by atoms with Gasteiger partial charge in [0.2, 0.25) is 5.91 Å². The fourth-order valence-electron chi connectivity index (χ4n) is 3.78. The molecule has 1 saturated heterocycles. The Kier molecular flexibility index (Phi) is 4.58. The van der Waals surface area contributed by atoms with Gasteiger partial charge in [-0.1, -0.05) is 19.3 Å². The highest BCUT2D eigenvalue weighted by Gasteiger charge is 2.34. The van der Waals surface area contributed by atoms with Crippen molar-refractivity contribution in [2.24, 2.45) is 7.05 Å². The quantitative estimate of drug-likeness (QED) is 0.920. The highest BCUT2D eigenvalue weighted by Crippen LogP contribution is 2.29. The van der Waals surface area contributed by atoms with Crippen LogP contribution in [0.25, 0.3) is 0 Å².